The van der Waals surface area contributed by atoms with Gasteiger partial charge in [-0.2, -0.15) is 0 Å². The predicted molar refractivity (Wildman–Crippen MR) is 59.9 cm³/mol. The highest BCUT2D eigenvalue weighted by atomic mass is 32.2. The maximum atomic E-state index is 9.59. The molecule has 0 rings (SSSR count). The van der Waals surface area contributed by atoms with Crippen LogP contribution >= 0.6 is 11.8 Å². The third-order valence-electron chi connectivity index (χ3n) is 1.94. The van der Waals surface area contributed by atoms with Crippen molar-refractivity contribution in [2.45, 2.75) is 32.4 Å². The van der Waals surface area contributed by atoms with Crippen molar-refractivity contribution in [1.82, 2.24) is 5.32 Å². The van der Waals surface area contributed by atoms with E-state index in [4.69, 9.17) is 6.42 Å². The lowest BCUT2D eigenvalue weighted by molar-refractivity contribution is 0.0452. The maximum absolute atomic E-state index is 9.59. The van der Waals surface area contributed by atoms with Crippen molar-refractivity contribution in [2.24, 2.45) is 0 Å². The Bertz CT molecular complexity index is 169. The summed E-state index contributed by atoms with van der Waals surface area (Å²) in [7, 11) is 0. The van der Waals surface area contributed by atoms with Crippen LogP contribution in [0, 0.1) is 12.3 Å². The van der Waals surface area contributed by atoms with Gasteiger partial charge in [-0.25, -0.2) is 0 Å². The molecule has 2 nitrogen and oxygen atoms in total. The first-order valence-corrected chi connectivity index (χ1v) is 5.61. The summed E-state index contributed by atoms with van der Waals surface area (Å²) in [6.45, 7) is 6.47. The lowest BCUT2D eigenvalue weighted by Crippen LogP contribution is -2.45. The monoisotopic (exact) mass is 201 g/mol. The third kappa shape index (κ3) is 6.94. The summed E-state index contributed by atoms with van der Waals surface area (Å²) < 4.78 is 0. The van der Waals surface area contributed by atoms with Crippen LogP contribution in [0.4, 0.5) is 0 Å². The predicted octanol–water partition coefficient (Wildman–Crippen LogP) is 1.10. The van der Waals surface area contributed by atoms with E-state index in [2.05, 4.69) is 11.2 Å². The zero-order chi connectivity index (χ0) is 10.3. The van der Waals surface area contributed by atoms with Gasteiger partial charge in [-0.15, -0.1) is 18.2 Å². The molecule has 0 radical (unpaired) electrons. The van der Waals surface area contributed by atoms with Crippen LogP contribution in [0.1, 0.15) is 20.8 Å². The Labute approximate surface area is 85.5 Å². The summed E-state index contributed by atoms with van der Waals surface area (Å²) in [5, 5.41) is 12.8. The number of hydrogen-bond acceptors (Lipinski definition) is 3. The van der Waals surface area contributed by atoms with Crippen molar-refractivity contribution in [2.75, 3.05) is 18.1 Å². The highest BCUT2D eigenvalue weighted by molar-refractivity contribution is 7.99. The summed E-state index contributed by atoms with van der Waals surface area (Å²) in [5.41, 5.74) is -0.656. The molecule has 2 N–H and O–H groups in total. The molecule has 0 spiro atoms. The highest BCUT2D eigenvalue weighted by Gasteiger charge is 2.20. The van der Waals surface area contributed by atoms with Gasteiger partial charge in [0.1, 0.15) is 0 Å². The van der Waals surface area contributed by atoms with E-state index in [9.17, 15) is 5.11 Å². The van der Waals surface area contributed by atoms with Crippen LogP contribution in [0.5, 0.6) is 0 Å². The average molecular weight is 201 g/mol. The highest BCUT2D eigenvalue weighted by Crippen LogP contribution is 2.07. The molecule has 1 atom stereocenters. The van der Waals surface area contributed by atoms with E-state index in [1.165, 1.54) is 0 Å². The van der Waals surface area contributed by atoms with Crippen molar-refractivity contribution >= 4 is 11.8 Å². The third-order valence-corrected chi connectivity index (χ3v) is 2.81. The smallest absolute Gasteiger partial charge is 0.0741 e. The molecule has 0 aromatic carbocycles. The molecule has 0 aliphatic carbocycles. The van der Waals surface area contributed by atoms with E-state index in [-0.39, 0.29) is 6.04 Å². The molecular formula is C10H19NOS. The number of nitrogens with one attached hydrogen (secondary N) is 1. The van der Waals surface area contributed by atoms with E-state index in [1.54, 1.807) is 25.6 Å². The second kappa shape index (κ2) is 6.31. The molecule has 1 unspecified atom stereocenters. The van der Waals surface area contributed by atoms with Gasteiger partial charge < -0.3 is 10.4 Å². The standard InChI is InChI=1S/C10H19NOS/c1-5-7-13-8-6-11-9(2)10(3,4)12/h1,9,11-12H,6-8H2,2-4H3. The minimum atomic E-state index is -0.656. The van der Waals surface area contributed by atoms with Gasteiger partial charge in [-0.1, -0.05) is 5.92 Å². The maximum Gasteiger partial charge on any atom is 0.0741 e. The Hall–Kier alpha value is -0.170. The fourth-order valence-electron chi connectivity index (χ4n) is 0.728. The molecule has 13 heavy (non-hydrogen) atoms. The Morgan fingerprint density at radius 3 is 2.69 bits per heavy atom. The quantitative estimate of drug-likeness (QED) is 0.498. The van der Waals surface area contributed by atoms with Gasteiger partial charge in [0.2, 0.25) is 0 Å². The molecule has 76 valence electrons. The van der Waals surface area contributed by atoms with E-state index >= 15 is 0 Å². The van der Waals surface area contributed by atoms with Crippen LogP contribution in [0.3, 0.4) is 0 Å². The van der Waals surface area contributed by atoms with Crippen molar-refractivity contribution in [3.63, 3.8) is 0 Å². The molecule has 0 aromatic rings. The molecule has 0 saturated carbocycles. The number of rotatable bonds is 6. The van der Waals surface area contributed by atoms with Gasteiger partial charge >= 0.3 is 0 Å². The second-order valence-corrected chi connectivity index (χ2v) is 4.69. The van der Waals surface area contributed by atoms with Gasteiger partial charge in [-0.05, 0) is 20.8 Å². The fourth-order valence-corrected chi connectivity index (χ4v) is 1.25. The van der Waals surface area contributed by atoms with Crippen LogP contribution in [0.25, 0.3) is 0 Å². The van der Waals surface area contributed by atoms with E-state index in [0.717, 1.165) is 18.1 Å². The molecule has 0 aromatic heterocycles. The Balaban J connectivity index is 3.39. The normalized spacial score (nSPS) is 13.8. The lowest BCUT2D eigenvalue weighted by atomic mass is 10.0. The first-order chi connectivity index (χ1) is 5.98. The van der Waals surface area contributed by atoms with Gasteiger partial charge in [0, 0.05) is 18.3 Å². The molecule has 0 aliphatic heterocycles. The lowest BCUT2D eigenvalue weighted by Gasteiger charge is -2.26. The van der Waals surface area contributed by atoms with E-state index in [1.807, 2.05) is 6.92 Å². The van der Waals surface area contributed by atoms with Gasteiger partial charge in [0.25, 0.3) is 0 Å². The minimum Gasteiger partial charge on any atom is -0.389 e. The van der Waals surface area contributed by atoms with E-state index in [0.29, 0.717) is 0 Å². The zero-order valence-electron chi connectivity index (χ0n) is 8.63. The van der Waals surface area contributed by atoms with Crippen molar-refractivity contribution in [3.05, 3.63) is 0 Å². The molecule has 0 fully saturated rings. The largest absolute Gasteiger partial charge is 0.389 e. The van der Waals surface area contributed by atoms with Crippen molar-refractivity contribution in [1.29, 1.82) is 0 Å². The van der Waals surface area contributed by atoms with E-state index < -0.39 is 5.60 Å². The van der Waals surface area contributed by atoms with Crippen LogP contribution in [-0.2, 0) is 0 Å². The van der Waals surface area contributed by atoms with Gasteiger partial charge in [0.15, 0.2) is 0 Å². The topological polar surface area (TPSA) is 32.3 Å². The molecule has 0 heterocycles. The summed E-state index contributed by atoms with van der Waals surface area (Å²) >= 11 is 1.73. The molecule has 0 bridgehead atoms. The Morgan fingerprint density at radius 2 is 2.23 bits per heavy atom. The Morgan fingerprint density at radius 1 is 1.62 bits per heavy atom. The molecule has 3 heteroatoms. The first kappa shape index (κ1) is 12.8. The van der Waals surface area contributed by atoms with Gasteiger partial charge in [-0.3, -0.25) is 0 Å². The Kier molecular flexibility index (Phi) is 6.23. The number of hydrogen-bond donors (Lipinski definition) is 2. The number of thioether (sulfide) groups is 1. The molecule has 0 amide bonds. The van der Waals surface area contributed by atoms with Crippen LogP contribution in [-0.4, -0.2) is 34.8 Å². The minimum absolute atomic E-state index is 0.110. The molecule has 0 aliphatic rings. The first-order valence-electron chi connectivity index (χ1n) is 4.45. The second-order valence-electron chi connectivity index (χ2n) is 3.59. The van der Waals surface area contributed by atoms with Crippen molar-refractivity contribution in [3.8, 4) is 12.3 Å². The number of terminal acetylenes is 1. The molecule has 0 saturated heterocycles. The van der Waals surface area contributed by atoms with Crippen LogP contribution < -0.4 is 5.32 Å². The zero-order valence-corrected chi connectivity index (χ0v) is 9.45. The average Bonchev–Trinajstić information content (AvgIpc) is 2.02. The van der Waals surface area contributed by atoms with Crippen molar-refractivity contribution < 1.29 is 5.11 Å². The summed E-state index contributed by atoms with van der Waals surface area (Å²) in [6.07, 6.45) is 5.11. The fraction of sp³-hybridized carbons (Fsp3) is 0.800. The van der Waals surface area contributed by atoms with Crippen LogP contribution in [0.2, 0.25) is 0 Å². The summed E-state index contributed by atoms with van der Waals surface area (Å²) in [4.78, 5) is 0. The van der Waals surface area contributed by atoms with Crippen LogP contribution in [0.15, 0.2) is 0 Å². The summed E-state index contributed by atoms with van der Waals surface area (Å²) in [5.74, 6) is 4.33. The molecular weight excluding hydrogens is 182 g/mol. The SMILES string of the molecule is C#CCSCCNC(C)C(C)(C)O. The summed E-state index contributed by atoms with van der Waals surface area (Å²) in [6, 6.07) is 0.110. The van der Waals surface area contributed by atoms with Gasteiger partial charge in [0.05, 0.1) is 11.4 Å². The number of aliphatic hydroxyl groups is 1.